The van der Waals surface area contributed by atoms with Gasteiger partial charge in [0.25, 0.3) is 0 Å². The molecule has 0 aliphatic carbocycles. The van der Waals surface area contributed by atoms with Crippen LogP contribution in [0.2, 0.25) is 0 Å². The molecule has 0 spiro atoms. The van der Waals surface area contributed by atoms with Crippen molar-refractivity contribution in [3.63, 3.8) is 0 Å². The lowest BCUT2D eigenvalue weighted by molar-refractivity contribution is 0.216. The molecule has 2 atom stereocenters. The van der Waals surface area contributed by atoms with Crippen molar-refractivity contribution in [1.29, 1.82) is 0 Å². The van der Waals surface area contributed by atoms with Gasteiger partial charge in [0.15, 0.2) is 0 Å². The van der Waals surface area contributed by atoms with E-state index in [9.17, 15) is 4.79 Å². The number of carbonyl (C=O) groups is 1. The molecule has 1 heterocycles. The highest BCUT2D eigenvalue weighted by molar-refractivity contribution is 5.76. The first-order valence-corrected chi connectivity index (χ1v) is 6.39. The number of rotatable bonds is 7. The minimum atomic E-state index is 0.0800. The smallest absolute Gasteiger partial charge is 0.317 e. The highest BCUT2D eigenvalue weighted by atomic mass is 16.2. The molecule has 1 aliphatic rings. The molecule has 0 bridgehead atoms. The van der Waals surface area contributed by atoms with E-state index in [1.165, 1.54) is 12.8 Å². The van der Waals surface area contributed by atoms with Crippen molar-refractivity contribution >= 4 is 6.03 Å². The average molecular weight is 227 g/mol. The third kappa shape index (κ3) is 4.39. The van der Waals surface area contributed by atoms with E-state index in [1.807, 2.05) is 4.90 Å². The van der Waals surface area contributed by atoms with Crippen LogP contribution in [0.5, 0.6) is 0 Å². The second kappa shape index (κ2) is 6.74. The minimum absolute atomic E-state index is 0.0800. The molecule has 0 aromatic heterocycles. The van der Waals surface area contributed by atoms with Crippen LogP contribution in [0.3, 0.4) is 0 Å². The van der Waals surface area contributed by atoms with Crippen molar-refractivity contribution in [2.24, 2.45) is 5.92 Å². The Labute approximate surface area is 98.8 Å². The molecule has 16 heavy (non-hydrogen) atoms. The molecule has 1 rings (SSSR count). The van der Waals surface area contributed by atoms with Gasteiger partial charge in [0.05, 0.1) is 0 Å². The molecule has 1 saturated heterocycles. The summed E-state index contributed by atoms with van der Waals surface area (Å²) in [5, 5.41) is 6.28. The lowest BCUT2D eigenvalue weighted by atomic mass is 10.0. The van der Waals surface area contributed by atoms with Crippen LogP contribution < -0.4 is 10.6 Å². The maximum absolute atomic E-state index is 11.3. The molecule has 0 radical (unpaired) electrons. The first-order chi connectivity index (χ1) is 7.63. The molecule has 2 amide bonds. The maximum atomic E-state index is 11.3. The Balaban J connectivity index is 2.08. The van der Waals surface area contributed by atoms with E-state index in [1.54, 1.807) is 0 Å². The molecule has 0 saturated carbocycles. The molecule has 0 aromatic carbocycles. The summed E-state index contributed by atoms with van der Waals surface area (Å²) < 4.78 is 0. The van der Waals surface area contributed by atoms with Crippen molar-refractivity contribution in [3.8, 4) is 0 Å². The van der Waals surface area contributed by atoms with Crippen LogP contribution >= 0.6 is 0 Å². The second-order valence-corrected chi connectivity index (χ2v) is 4.82. The quantitative estimate of drug-likeness (QED) is 0.691. The van der Waals surface area contributed by atoms with Gasteiger partial charge in [0.1, 0.15) is 0 Å². The molecule has 1 aliphatic heterocycles. The predicted octanol–water partition coefficient (Wildman–Crippen LogP) is 1.43. The number of amides is 2. The highest BCUT2D eigenvalue weighted by Crippen LogP contribution is 2.09. The van der Waals surface area contributed by atoms with Crippen molar-refractivity contribution in [2.45, 2.75) is 39.7 Å². The molecule has 94 valence electrons. The standard InChI is InChI=1S/C12H25N3O/c1-4-10(2)9-11(3)13-5-7-15-8-6-14-12(15)16/h10-11,13H,4-9H2,1-3H3,(H,14,16). The Bertz CT molecular complexity index is 220. The van der Waals surface area contributed by atoms with E-state index in [4.69, 9.17) is 0 Å². The summed E-state index contributed by atoms with van der Waals surface area (Å²) >= 11 is 0. The fourth-order valence-electron chi connectivity index (χ4n) is 2.02. The van der Waals surface area contributed by atoms with Gasteiger partial charge in [0, 0.05) is 32.2 Å². The largest absolute Gasteiger partial charge is 0.336 e. The second-order valence-electron chi connectivity index (χ2n) is 4.82. The molecular weight excluding hydrogens is 202 g/mol. The Kier molecular flexibility index (Phi) is 5.60. The summed E-state index contributed by atoms with van der Waals surface area (Å²) in [6, 6.07) is 0.622. The molecule has 2 N–H and O–H groups in total. The van der Waals surface area contributed by atoms with Gasteiger partial charge in [-0.25, -0.2) is 4.79 Å². The van der Waals surface area contributed by atoms with Crippen LogP contribution in [-0.2, 0) is 0 Å². The van der Waals surface area contributed by atoms with Gasteiger partial charge < -0.3 is 15.5 Å². The van der Waals surface area contributed by atoms with E-state index < -0.39 is 0 Å². The number of nitrogens with zero attached hydrogens (tertiary/aromatic N) is 1. The first-order valence-electron chi connectivity index (χ1n) is 6.39. The zero-order valence-corrected chi connectivity index (χ0v) is 10.8. The van der Waals surface area contributed by atoms with Crippen LogP contribution in [0.15, 0.2) is 0 Å². The monoisotopic (exact) mass is 227 g/mol. The van der Waals surface area contributed by atoms with Gasteiger partial charge in [-0.15, -0.1) is 0 Å². The fourth-order valence-corrected chi connectivity index (χ4v) is 2.02. The van der Waals surface area contributed by atoms with Gasteiger partial charge in [0.2, 0.25) is 0 Å². The summed E-state index contributed by atoms with van der Waals surface area (Å²) in [6.45, 7) is 10.1. The number of hydrogen-bond acceptors (Lipinski definition) is 2. The molecular formula is C12H25N3O. The third-order valence-corrected chi connectivity index (χ3v) is 3.27. The van der Waals surface area contributed by atoms with Crippen LogP contribution in [0.1, 0.15) is 33.6 Å². The third-order valence-electron chi connectivity index (χ3n) is 3.27. The van der Waals surface area contributed by atoms with Gasteiger partial charge in [-0.2, -0.15) is 0 Å². The lowest BCUT2D eigenvalue weighted by Gasteiger charge is -2.20. The molecule has 1 fully saturated rings. The summed E-state index contributed by atoms with van der Waals surface area (Å²) in [5.74, 6) is 0.776. The SMILES string of the molecule is CCC(C)CC(C)NCCN1CCNC1=O. The Morgan fingerprint density at radius 3 is 2.81 bits per heavy atom. The summed E-state index contributed by atoms with van der Waals surface area (Å²) in [7, 11) is 0. The van der Waals surface area contributed by atoms with Gasteiger partial charge in [-0.3, -0.25) is 0 Å². The fraction of sp³-hybridized carbons (Fsp3) is 0.917. The normalized spacial score (nSPS) is 19.7. The minimum Gasteiger partial charge on any atom is -0.336 e. The van der Waals surface area contributed by atoms with Gasteiger partial charge >= 0.3 is 6.03 Å². The molecule has 2 unspecified atom stereocenters. The van der Waals surface area contributed by atoms with Crippen LogP contribution in [-0.4, -0.2) is 43.2 Å². The Hall–Kier alpha value is -0.770. The highest BCUT2D eigenvalue weighted by Gasteiger charge is 2.18. The Morgan fingerprint density at radius 1 is 1.50 bits per heavy atom. The average Bonchev–Trinajstić information content (AvgIpc) is 2.64. The van der Waals surface area contributed by atoms with Crippen molar-refractivity contribution < 1.29 is 4.79 Å². The summed E-state index contributed by atoms with van der Waals surface area (Å²) in [4.78, 5) is 13.1. The van der Waals surface area contributed by atoms with Crippen LogP contribution in [0.4, 0.5) is 4.79 Å². The Morgan fingerprint density at radius 2 is 2.25 bits per heavy atom. The van der Waals surface area contributed by atoms with E-state index >= 15 is 0 Å². The zero-order valence-electron chi connectivity index (χ0n) is 10.8. The molecule has 0 aromatic rings. The first kappa shape index (κ1) is 13.3. The van der Waals surface area contributed by atoms with Gasteiger partial charge in [-0.1, -0.05) is 20.3 Å². The summed E-state index contributed by atoms with van der Waals surface area (Å²) in [6.07, 6.45) is 2.45. The number of urea groups is 1. The lowest BCUT2D eigenvalue weighted by Crippen LogP contribution is -2.38. The van der Waals surface area contributed by atoms with E-state index in [-0.39, 0.29) is 6.03 Å². The number of hydrogen-bond donors (Lipinski definition) is 2. The number of nitrogens with one attached hydrogen (secondary N) is 2. The van der Waals surface area contributed by atoms with E-state index in [2.05, 4.69) is 31.4 Å². The van der Waals surface area contributed by atoms with Gasteiger partial charge in [-0.05, 0) is 19.3 Å². The van der Waals surface area contributed by atoms with Crippen LogP contribution in [0, 0.1) is 5.92 Å². The van der Waals surface area contributed by atoms with Crippen molar-refractivity contribution in [3.05, 3.63) is 0 Å². The van der Waals surface area contributed by atoms with E-state index in [0.29, 0.717) is 6.04 Å². The maximum Gasteiger partial charge on any atom is 0.317 e. The summed E-state index contributed by atoms with van der Waals surface area (Å²) in [5.41, 5.74) is 0. The van der Waals surface area contributed by atoms with Crippen LogP contribution in [0.25, 0.3) is 0 Å². The zero-order chi connectivity index (χ0) is 12.0. The van der Waals surface area contributed by atoms with Crippen molar-refractivity contribution in [2.75, 3.05) is 26.2 Å². The topological polar surface area (TPSA) is 44.4 Å². The molecule has 4 heteroatoms. The molecule has 4 nitrogen and oxygen atoms in total. The number of carbonyl (C=O) groups excluding carboxylic acids is 1. The van der Waals surface area contributed by atoms with E-state index in [0.717, 1.165) is 32.1 Å². The predicted molar refractivity (Wildman–Crippen MR) is 66.5 cm³/mol. The van der Waals surface area contributed by atoms with Crippen molar-refractivity contribution in [1.82, 2.24) is 15.5 Å².